The average molecular weight is 386 g/mol. The molecule has 0 aromatic heterocycles. The normalized spacial score (nSPS) is 19.7. The van der Waals surface area contributed by atoms with Crippen LogP contribution in [0.2, 0.25) is 5.02 Å². The lowest BCUT2D eigenvalue weighted by atomic mass is 10.1. The van der Waals surface area contributed by atoms with Crippen molar-refractivity contribution in [1.29, 1.82) is 0 Å². The molecule has 20 heavy (non-hydrogen) atoms. The number of nitrogens with zero attached hydrogens (tertiary/aromatic N) is 1. The van der Waals surface area contributed by atoms with Crippen LogP contribution in [0.3, 0.4) is 0 Å². The van der Waals surface area contributed by atoms with Crippen LogP contribution in [-0.4, -0.2) is 26.6 Å². The molecule has 2 N–H and O–H groups in total. The van der Waals surface area contributed by atoms with Gasteiger partial charge in [0, 0.05) is 24.9 Å². The van der Waals surface area contributed by atoms with Crippen molar-refractivity contribution in [2.24, 2.45) is 11.1 Å². The molecule has 1 atom stereocenters. The summed E-state index contributed by atoms with van der Waals surface area (Å²) in [5, 5.41) is 5.18. The second-order valence-electron chi connectivity index (χ2n) is 4.62. The summed E-state index contributed by atoms with van der Waals surface area (Å²) in [4.78, 5) is 13.2. The Labute approximate surface area is 129 Å². The van der Waals surface area contributed by atoms with Crippen LogP contribution in [0.4, 0.5) is 10.1 Å². The minimum Gasteiger partial charge on any atom is -0.310 e. The summed E-state index contributed by atoms with van der Waals surface area (Å²) in [5.74, 6) is -1.55. The Morgan fingerprint density at radius 1 is 1.50 bits per heavy atom. The third-order valence-electron chi connectivity index (χ3n) is 2.95. The van der Waals surface area contributed by atoms with Crippen LogP contribution >= 0.6 is 27.5 Å². The second kappa shape index (κ2) is 5.59. The molecule has 0 aliphatic carbocycles. The zero-order valence-electron chi connectivity index (χ0n) is 10.1. The monoisotopic (exact) mass is 384 g/mol. The largest absolute Gasteiger partial charge is 0.310 e. The molecule has 0 saturated carbocycles. The first-order valence-electron chi connectivity index (χ1n) is 5.63. The second-order valence-corrected chi connectivity index (χ2v) is 7.54. The number of nitrogens with two attached hydrogens (primary N) is 1. The first-order chi connectivity index (χ1) is 9.17. The van der Waals surface area contributed by atoms with E-state index in [1.807, 2.05) is 0 Å². The Morgan fingerprint density at radius 3 is 2.75 bits per heavy atom. The molecular weight excluding hydrogens is 375 g/mol. The highest BCUT2D eigenvalue weighted by Gasteiger charge is 2.34. The minimum atomic E-state index is -3.66. The van der Waals surface area contributed by atoms with Crippen LogP contribution < -0.4 is 10.0 Å². The van der Waals surface area contributed by atoms with E-state index in [2.05, 4.69) is 15.9 Å². The van der Waals surface area contributed by atoms with Crippen LogP contribution in [0.25, 0.3) is 0 Å². The van der Waals surface area contributed by atoms with E-state index < -0.39 is 21.8 Å². The standard InChI is InChI=1S/C11H11BrClFN2O3S/c12-7-2-8(13)10(3-9(7)14)16-4-6(1-11(16)17)5-20(15,18)19/h2-3,6H,1,4-5H2,(H2,15,18,19). The number of sulfonamides is 1. The lowest BCUT2D eigenvalue weighted by Gasteiger charge is -2.18. The summed E-state index contributed by atoms with van der Waals surface area (Å²) >= 11 is 8.99. The Hall–Kier alpha value is -0.700. The fourth-order valence-corrected chi connectivity index (χ4v) is 3.79. The topological polar surface area (TPSA) is 80.5 Å². The summed E-state index contributed by atoms with van der Waals surface area (Å²) in [5.41, 5.74) is 0.231. The van der Waals surface area contributed by atoms with Crippen molar-refractivity contribution in [1.82, 2.24) is 0 Å². The maximum absolute atomic E-state index is 13.5. The van der Waals surface area contributed by atoms with Gasteiger partial charge in [-0.15, -0.1) is 0 Å². The van der Waals surface area contributed by atoms with Gasteiger partial charge in [-0.05, 0) is 22.0 Å². The van der Waals surface area contributed by atoms with E-state index >= 15 is 0 Å². The fourth-order valence-electron chi connectivity index (χ4n) is 2.17. The van der Waals surface area contributed by atoms with Crippen LogP contribution in [0, 0.1) is 11.7 Å². The molecule has 1 amide bonds. The quantitative estimate of drug-likeness (QED) is 0.807. The van der Waals surface area contributed by atoms with Crippen LogP contribution in [0.5, 0.6) is 0 Å². The number of halogens is 3. The van der Waals surface area contributed by atoms with Gasteiger partial charge in [0.1, 0.15) is 5.82 Å². The van der Waals surface area contributed by atoms with E-state index in [-0.39, 0.29) is 39.8 Å². The highest BCUT2D eigenvalue weighted by Crippen LogP contribution is 2.34. The molecule has 9 heteroatoms. The molecular formula is C11H11BrClFN2O3S. The van der Waals surface area contributed by atoms with Crippen molar-refractivity contribution in [2.75, 3.05) is 17.2 Å². The molecule has 0 spiro atoms. The predicted octanol–water partition coefficient (Wildman–Crippen LogP) is 1.88. The summed E-state index contributed by atoms with van der Waals surface area (Å²) < 4.78 is 35.9. The first-order valence-corrected chi connectivity index (χ1v) is 8.51. The number of carbonyl (C=O) groups is 1. The highest BCUT2D eigenvalue weighted by molar-refractivity contribution is 9.10. The molecule has 1 saturated heterocycles. The van der Waals surface area contributed by atoms with Gasteiger partial charge >= 0.3 is 0 Å². The van der Waals surface area contributed by atoms with Crippen molar-refractivity contribution >= 4 is 49.1 Å². The molecule has 1 fully saturated rings. The van der Waals surface area contributed by atoms with E-state index in [4.69, 9.17) is 16.7 Å². The summed E-state index contributed by atoms with van der Waals surface area (Å²) in [7, 11) is -3.66. The highest BCUT2D eigenvalue weighted by atomic mass is 79.9. The van der Waals surface area contributed by atoms with Crippen LogP contribution in [0.1, 0.15) is 6.42 Å². The molecule has 1 heterocycles. The van der Waals surface area contributed by atoms with Crippen molar-refractivity contribution in [2.45, 2.75) is 6.42 Å². The van der Waals surface area contributed by atoms with Crippen molar-refractivity contribution in [3.63, 3.8) is 0 Å². The SMILES string of the molecule is NS(=O)(=O)CC1CC(=O)N(c2cc(F)c(Br)cc2Cl)C1. The van der Waals surface area contributed by atoms with Gasteiger partial charge in [-0.3, -0.25) is 4.79 Å². The number of rotatable bonds is 3. The molecule has 2 rings (SSSR count). The minimum absolute atomic E-state index is 0.0461. The fraction of sp³-hybridized carbons (Fsp3) is 0.364. The van der Waals surface area contributed by atoms with Crippen LogP contribution in [-0.2, 0) is 14.8 Å². The third-order valence-corrected chi connectivity index (χ3v) is 4.80. The van der Waals surface area contributed by atoms with E-state index in [0.717, 1.165) is 6.07 Å². The number of hydrogen-bond donors (Lipinski definition) is 1. The number of benzene rings is 1. The lowest BCUT2D eigenvalue weighted by Crippen LogP contribution is -2.27. The first kappa shape index (κ1) is 15.7. The zero-order chi connectivity index (χ0) is 15.1. The number of primary sulfonamides is 1. The maximum atomic E-state index is 13.5. The molecule has 1 unspecified atom stereocenters. The van der Waals surface area contributed by atoms with Gasteiger partial charge < -0.3 is 4.90 Å². The summed E-state index contributed by atoms with van der Waals surface area (Å²) in [6.07, 6.45) is 0.0461. The van der Waals surface area contributed by atoms with Crippen molar-refractivity contribution in [3.05, 3.63) is 27.4 Å². The number of carbonyl (C=O) groups excluding carboxylic acids is 1. The molecule has 110 valence electrons. The van der Waals surface area contributed by atoms with E-state index in [0.29, 0.717) is 0 Å². The average Bonchev–Trinajstić information content (AvgIpc) is 2.62. The zero-order valence-corrected chi connectivity index (χ0v) is 13.3. The molecule has 1 aromatic rings. The van der Waals surface area contributed by atoms with Crippen molar-refractivity contribution < 1.29 is 17.6 Å². The summed E-state index contributed by atoms with van der Waals surface area (Å²) in [6.45, 7) is 0.149. The Bertz CT molecular complexity index is 668. The smallest absolute Gasteiger partial charge is 0.227 e. The van der Waals surface area contributed by atoms with E-state index in [1.54, 1.807) is 0 Å². The molecule has 1 aliphatic rings. The molecule has 0 radical (unpaired) electrons. The lowest BCUT2D eigenvalue weighted by molar-refractivity contribution is -0.117. The van der Waals surface area contributed by atoms with Gasteiger partial charge in [-0.25, -0.2) is 17.9 Å². The summed E-state index contributed by atoms with van der Waals surface area (Å²) in [6, 6.07) is 2.50. The third kappa shape index (κ3) is 3.49. The number of amides is 1. The van der Waals surface area contributed by atoms with Gasteiger partial charge in [0.15, 0.2) is 0 Å². The van der Waals surface area contributed by atoms with Gasteiger partial charge in [-0.2, -0.15) is 0 Å². The predicted molar refractivity (Wildman–Crippen MR) is 77.5 cm³/mol. The molecule has 5 nitrogen and oxygen atoms in total. The Balaban J connectivity index is 2.26. The maximum Gasteiger partial charge on any atom is 0.227 e. The van der Waals surface area contributed by atoms with Gasteiger partial charge in [-0.1, -0.05) is 11.6 Å². The Morgan fingerprint density at radius 2 is 2.15 bits per heavy atom. The van der Waals surface area contributed by atoms with E-state index in [1.165, 1.54) is 11.0 Å². The molecule has 0 bridgehead atoms. The van der Waals surface area contributed by atoms with Gasteiger partial charge in [0.05, 0.1) is 20.9 Å². The Kier molecular flexibility index (Phi) is 4.38. The molecule has 1 aromatic carbocycles. The molecule has 1 aliphatic heterocycles. The van der Waals surface area contributed by atoms with E-state index in [9.17, 15) is 17.6 Å². The van der Waals surface area contributed by atoms with Gasteiger partial charge in [0.25, 0.3) is 0 Å². The van der Waals surface area contributed by atoms with Crippen molar-refractivity contribution in [3.8, 4) is 0 Å². The van der Waals surface area contributed by atoms with Gasteiger partial charge in [0.2, 0.25) is 15.9 Å². The van der Waals surface area contributed by atoms with Crippen LogP contribution in [0.15, 0.2) is 16.6 Å². The number of anilines is 1. The number of hydrogen-bond acceptors (Lipinski definition) is 3.